The zero-order chi connectivity index (χ0) is 19.6. The second-order valence-corrected chi connectivity index (χ2v) is 8.16. The van der Waals surface area contributed by atoms with Crippen molar-refractivity contribution >= 4 is 16.8 Å². The van der Waals surface area contributed by atoms with Crippen LogP contribution in [0.15, 0.2) is 30.5 Å². The Labute approximate surface area is 170 Å². The molecule has 2 aliphatic heterocycles. The van der Waals surface area contributed by atoms with Gasteiger partial charge >= 0.3 is 0 Å². The highest BCUT2D eigenvalue weighted by Gasteiger charge is 2.26. The van der Waals surface area contributed by atoms with Crippen molar-refractivity contribution in [2.75, 3.05) is 26.2 Å². The van der Waals surface area contributed by atoms with Crippen LogP contribution in [0.3, 0.4) is 0 Å². The maximum atomic E-state index is 12.9. The summed E-state index contributed by atoms with van der Waals surface area (Å²) < 4.78 is 2.27. The minimum Gasteiger partial charge on any atom is -0.361 e. The number of carbonyl (C=O) groups is 1. The average Bonchev–Trinajstić information content (AvgIpc) is 3.31. The Hall–Kier alpha value is -2.67. The summed E-state index contributed by atoms with van der Waals surface area (Å²) in [5, 5.41) is 13.6. The van der Waals surface area contributed by atoms with E-state index in [1.165, 1.54) is 23.8 Å². The summed E-state index contributed by atoms with van der Waals surface area (Å²) in [6.07, 6.45) is 6.48. The number of aromatic amines is 1. The number of fused-ring (bicyclic) bond motifs is 2. The molecule has 1 unspecified atom stereocenters. The largest absolute Gasteiger partial charge is 0.361 e. The Morgan fingerprint density at radius 3 is 3.00 bits per heavy atom. The molecular weight excluding hydrogens is 364 g/mol. The first-order valence-electron chi connectivity index (χ1n) is 10.7. The van der Waals surface area contributed by atoms with E-state index in [2.05, 4.69) is 37.2 Å². The molecule has 3 aromatic rings. The molecule has 0 aliphatic carbocycles. The van der Waals surface area contributed by atoms with E-state index in [9.17, 15) is 4.79 Å². The molecule has 0 spiro atoms. The molecule has 1 amide bonds. The molecule has 7 nitrogen and oxygen atoms in total. The first-order valence-corrected chi connectivity index (χ1v) is 10.7. The third-order valence-corrected chi connectivity index (χ3v) is 6.35. The van der Waals surface area contributed by atoms with Crippen LogP contribution in [-0.4, -0.2) is 56.7 Å². The maximum absolute atomic E-state index is 12.9. The maximum Gasteiger partial charge on any atom is 0.222 e. The number of H-pyrrole nitrogens is 1. The molecule has 2 aromatic heterocycles. The van der Waals surface area contributed by atoms with E-state index in [1.54, 1.807) is 0 Å². The van der Waals surface area contributed by atoms with Crippen molar-refractivity contribution in [2.45, 2.75) is 44.6 Å². The van der Waals surface area contributed by atoms with E-state index < -0.39 is 0 Å². The summed E-state index contributed by atoms with van der Waals surface area (Å²) in [5.41, 5.74) is 2.35. The topological polar surface area (TPSA) is 78.8 Å². The molecule has 5 rings (SSSR count). The highest BCUT2D eigenvalue weighted by molar-refractivity contribution is 5.84. The lowest BCUT2D eigenvalue weighted by molar-refractivity contribution is -0.131. The van der Waals surface area contributed by atoms with E-state index in [1.807, 2.05) is 23.2 Å². The third-order valence-electron chi connectivity index (χ3n) is 6.35. The quantitative estimate of drug-likeness (QED) is 0.714. The van der Waals surface area contributed by atoms with Gasteiger partial charge in [-0.05, 0) is 37.4 Å². The zero-order valence-electron chi connectivity index (χ0n) is 16.7. The molecule has 0 saturated carbocycles. The summed E-state index contributed by atoms with van der Waals surface area (Å²) in [6, 6.07) is 8.27. The Morgan fingerprint density at radius 2 is 2.10 bits per heavy atom. The molecule has 2 aliphatic rings. The Bertz CT molecular complexity index is 1000. The fraction of sp³-hybridized carbons (Fsp3) is 0.500. The van der Waals surface area contributed by atoms with Gasteiger partial charge in [0.15, 0.2) is 0 Å². The van der Waals surface area contributed by atoms with Crippen LogP contribution in [-0.2, 0) is 24.2 Å². The van der Waals surface area contributed by atoms with Crippen molar-refractivity contribution in [1.82, 2.24) is 30.0 Å². The fourth-order valence-corrected chi connectivity index (χ4v) is 4.71. The third kappa shape index (κ3) is 3.67. The highest BCUT2D eigenvalue weighted by atomic mass is 16.2. The molecule has 7 heteroatoms. The fourth-order valence-electron chi connectivity index (χ4n) is 4.71. The number of hydrogen-bond donors (Lipinski definition) is 2. The van der Waals surface area contributed by atoms with Gasteiger partial charge in [0.2, 0.25) is 5.91 Å². The van der Waals surface area contributed by atoms with Gasteiger partial charge in [-0.15, -0.1) is 10.2 Å². The van der Waals surface area contributed by atoms with Crippen molar-refractivity contribution in [3.63, 3.8) is 0 Å². The van der Waals surface area contributed by atoms with Gasteiger partial charge in [0.05, 0.1) is 0 Å². The number of para-hydroxylation sites is 1. The number of nitrogens with zero attached hydrogens (tertiary/aromatic N) is 4. The average molecular weight is 393 g/mol. The minimum atomic E-state index is 0.231. The summed E-state index contributed by atoms with van der Waals surface area (Å²) >= 11 is 0. The SMILES string of the molecule is O=C(CCc1c[nH]c2ccccc12)N1CCc2nnc(C3CCCNC3)n2CC1. The van der Waals surface area contributed by atoms with Gasteiger partial charge in [-0.3, -0.25) is 4.79 Å². The lowest BCUT2D eigenvalue weighted by Gasteiger charge is -2.23. The lowest BCUT2D eigenvalue weighted by atomic mass is 9.99. The number of hydrogen-bond acceptors (Lipinski definition) is 4. The summed E-state index contributed by atoms with van der Waals surface area (Å²) in [5.74, 6) is 2.79. The van der Waals surface area contributed by atoms with Crippen LogP contribution < -0.4 is 5.32 Å². The number of aryl methyl sites for hydroxylation is 1. The van der Waals surface area contributed by atoms with Crippen molar-refractivity contribution < 1.29 is 4.79 Å². The Kier molecular flexibility index (Phi) is 5.06. The zero-order valence-corrected chi connectivity index (χ0v) is 16.7. The van der Waals surface area contributed by atoms with E-state index in [0.717, 1.165) is 62.7 Å². The Balaban J connectivity index is 1.22. The van der Waals surface area contributed by atoms with Gasteiger partial charge < -0.3 is 19.8 Å². The van der Waals surface area contributed by atoms with Crippen LogP contribution in [0.2, 0.25) is 0 Å². The monoisotopic (exact) mass is 392 g/mol. The predicted octanol–water partition coefficient (Wildman–Crippen LogP) is 2.24. The molecule has 0 bridgehead atoms. The number of nitrogens with one attached hydrogen (secondary N) is 2. The van der Waals surface area contributed by atoms with Gasteiger partial charge in [0.1, 0.15) is 11.6 Å². The van der Waals surface area contributed by atoms with Crippen molar-refractivity contribution in [2.24, 2.45) is 0 Å². The summed E-state index contributed by atoms with van der Waals surface area (Å²) in [7, 11) is 0. The van der Waals surface area contributed by atoms with Gasteiger partial charge in [0.25, 0.3) is 0 Å². The van der Waals surface area contributed by atoms with Gasteiger partial charge in [-0.2, -0.15) is 0 Å². The molecular formula is C22H28N6O. The minimum absolute atomic E-state index is 0.231. The van der Waals surface area contributed by atoms with Crippen molar-refractivity contribution in [3.8, 4) is 0 Å². The van der Waals surface area contributed by atoms with E-state index in [4.69, 9.17) is 0 Å². The number of piperidine rings is 1. The second-order valence-electron chi connectivity index (χ2n) is 8.16. The number of benzene rings is 1. The van der Waals surface area contributed by atoms with Gasteiger partial charge in [-0.25, -0.2) is 0 Å². The summed E-state index contributed by atoms with van der Waals surface area (Å²) in [6.45, 7) is 4.34. The summed E-state index contributed by atoms with van der Waals surface area (Å²) in [4.78, 5) is 18.2. The van der Waals surface area contributed by atoms with Crippen molar-refractivity contribution in [1.29, 1.82) is 0 Å². The molecule has 29 heavy (non-hydrogen) atoms. The molecule has 1 saturated heterocycles. The number of amides is 1. The van der Waals surface area contributed by atoms with Gasteiger partial charge in [0, 0.05) is 62.0 Å². The van der Waals surface area contributed by atoms with Crippen molar-refractivity contribution in [3.05, 3.63) is 47.7 Å². The van der Waals surface area contributed by atoms with Crippen LogP contribution in [0.4, 0.5) is 0 Å². The molecule has 1 atom stereocenters. The van der Waals surface area contributed by atoms with E-state index >= 15 is 0 Å². The number of carbonyl (C=O) groups excluding carboxylic acids is 1. The molecule has 152 valence electrons. The number of aromatic nitrogens is 4. The highest BCUT2D eigenvalue weighted by Crippen LogP contribution is 2.24. The standard InChI is InChI=1S/C22H28N6O/c29-21(8-7-16-15-24-19-6-2-1-5-18(16)19)27-11-9-20-25-26-22(28(20)13-12-27)17-4-3-10-23-14-17/h1-2,5-6,15,17,23-24H,3-4,7-14H2. The molecule has 4 heterocycles. The normalized spacial score (nSPS) is 19.9. The first kappa shape index (κ1) is 18.4. The molecule has 1 aromatic carbocycles. The van der Waals surface area contributed by atoms with Crippen LogP contribution in [0.25, 0.3) is 10.9 Å². The first-order chi connectivity index (χ1) is 14.3. The van der Waals surface area contributed by atoms with Gasteiger partial charge in [-0.1, -0.05) is 18.2 Å². The van der Waals surface area contributed by atoms with Crippen LogP contribution in [0.1, 0.15) is 42.4 Å². The van der Waals surface area contributed by atoms with Crippen LogP contribution >= 0.6 is 0 Å². The van der Waals surface area contributed by atoms with E-state index in [-0.39, 0.29) is 5.91 Å². The van der Waals surface area contributed by atoms with E-state index in [0.29, 0.717) is 12.3 Å². The van der Waals surface area contributed by atoms with Crippen LogP contribution in [0.5, 0.6) is 0 Å². The molecule has 1 fully saturated rings. The number of rotatable bonds is 4. The molecule has 2 N–H and O–H groups in total. The predicted molar refractivity (Wildman–Crippen MR) is 112 cm³/mol. The van der Waals surface area contributed by atoms with Crippen LogP contribution in [0, 0.1) is 0 Å². The second kappa shape index (κ2) is 7.99. The Morgan fingerprint density at radius 1 is 1.17 bits per heavy atom. The smallest absolute Gasteiger partial charge is 0.222 e. The molecule has 0 radical (unpaired) electrons. The lowest BCUT2D eigenvalue weighted by Crippen LogP contribution is -2.34.